The molecule has 4 nitrogen and oxygen atoms in total. The Labute approximate surface area is 106 Å². The molecule has 0 saturated carbocycles. The first kappa shape index (κ1) is 12.1. The third kappa shape index (κ3) is 2.48. The van der Waals surface area contributed by atoms with Crippen LogP contribution in [0.2, 0.25) is 0 Å². The van der Waals surface area contributed by atoms with Crippen molar-refractivity contribution in [2.24, 2.45) is 0 Å². The molecule has 0 radical (unpaired) electrons. The molecule has 3 N–H and O–H groups in total. The van der Waals surface area contributed by atoms with E-state index in [4.69, 9.17) is 5.73 Å². The van der Waals surface area contributed by atoms with E-state index in [1.54, 1.807) is 18.3 Å². The van der Waals surface area contributed by atoms with E-state index in [9.17, 15) is 4.79 Å². The van der Waals surface area contributed by atoms with Gasteiger partial charge in [0, 0.05) is 17.6 Å². The lowest BCUT2D eigenvalue weighted by molar-refractivity contribution is 0.102. The summed E-state index contributed by atoms with van der Waals surface area (Å²) in [6.45, 7) is 3.77. The van der Waals surface area contributed by atoms with Gasteiger partial charge in [0.05, 0.1) is 0 Å². The molecule has 0 atom stereocenters. The zero-order valence-electron chi connectivity index (χ0n) is 10.4. The third-order valence-corrected chi connectivity index (χ3v) is 2.76. The van der Waals surface area contributed by atoms with Gasteiger partial charge in [-0.3, -0.25) is 9.78 Å². The van der Waals surface area contributed by atoms with Gasteiger partial charge in [0.15, 0.2) is 0 Å². The molecule has 0 aliphatic heterocycles. The Kier molecular flexibility index (Phi) is 3.28. The van der Waals surface area contributed by atoms with Crippen molar-refractivity contribution in [1.82, 2.24) is 4.98 Å². The molecule has 0 bridgehead atoms. The summed E-state index contributed by atoms with van der Waals surface area (Å²) in [5.41, 5.74) is 9.39. The van der Waals surface area contributed by atoms with Crippen LogP contribution in [-0.4, -0.2) is 10.9 Å². The zero-order valence-corrected chi connectivity index (χ0v) is 10.4. The smallest absolute Gasteiger partial charge is 0.274 e. The molecule has 0 fully saturated rings. The second-order valence-electron chi connectivity index (χ2n) is 4.19. The van der Waals surface area contributed by atoms with Crippen molar-refractivity contribution in [1.29, 1.82) is 0 Å². The number of hydrogen-bond donors (Lipinski definition) is 2. The molecule has 18 heavy (non-hydrogen) atoms. The fraction of sp³-hybridized carbons (Fsp3) is 0.143. The number of aromatic nitrogens is 1. The minimum Gasteiger partial charge on any atom is -0.398 e. The molecular weight excluding hydrogens is 226 g/mol. The molecule has 0 spiro atoms. The number of hydrogen-bond acceptors (Lipinski definition) is 3. The third-order valence-electron chi connectivity index (χ3n) is 2.76. The van der Waals surface area contributed by atoms with E-state index in [2.05, 4.69) is 10.3 Å². The monoisotopic (exact) mass is 241 g/mol. The number of carbonyl (C=O) groups excluding carboxylic acids is 1. The van der Waals surface area contributed by atoms with Crippen molar-refractivity contribution in [2.75, 3.05) is 11.1 Å². The Balaban J connectivity index is 2.22. The van der Waals surface area contributed by atoms with Gasteiger partial charge < -0.3 is 11.1 Å². The van der Waals surface area contributed by atoms with Crippen molar-refractivity contribution in [3.63, 3.8) is 0 Å². The van der Waals surface area contributed by atoms with Gasteiger partial charge >= 0.3 is 0 Å². The van der Waals surface area contributed by atoms with Gasteiger partial charge in [-0.15, -0.1) is 0 Å². The quantitative estimate of drug-likeness (QED) is 0.794. The maximum absolute atomic E-state index is 12.0. The van der Waals surface area contributed by atoms with E-state index in [0.717, 1.165) is 11.1 Å². The number of carbonyl (C=O) groups is 1. The van der Waals surface area contributed by atoms with Crippen LogP contribution in [0.5, 0.6) is 0 Å². The number of nitrogens with zero attached hydrogens (tertiary/aromatic N) is 1. The largest absolute Gasteiger partial charge is 0.398 e. The van der Waals surface area contributed by atoms with Crippen molar-refractivity contribution >= 4 is 17.3 Å². The van der Waals surface area contributed by atoms with E-state index >= 15 is 0 Å². The highest BCUT2D eigenvalue weighted by Gasteiger charge is 2.10. The van der Waals surface area contributed by atoms with Gasteiger partial charge in [0.25, 0.3) is 5.91 Å². The average Bonchev–Trinajstić information content (AvgIpc) is 2.34. The summed E-state index contributed by atoms with van der Waals surface area (Å²) in [4.78, 5) is 16.1. The Bertz CT molecular complexity index is 593. The minimum atomic E-state index is -0.226. The number of nitrogen functional groups attached to an aromatic ring is 1. The van der Waals surface area contributed by atoms with Gasteiger partial charge in [-0.2, -0.15) is 0 Å². The fourth-order valence-electron chi connectivity index (χ4n) is 1.63. The van der Waals surface area contributed by atoms with Crippen LogP contribution in [0.3, 0.4) is 0 Å². The van der Waals surface area contributed by atoms with Crippen LogP contribution in [0.1, 0.15) is 21.6 Å². The summed E-state index contributed by atoms with van der Waals surface area (Å²) in [6.07, 6.45) is 1.60. The van der Waals surface area contributed by atoms with E-state index in [1.165, 1.54) is 0 Å². The van der Waals surface area contributed by atoms with Crippen LogP contribution in [-0.2, 0) is 0 Å². The van der Waals surface area contributed by atoms with Gasteiger partial charge in [-0.25, -0.2) is 0 Å². The second kappa shape index (κ2) is 4.87. The van der Waals surface area contributed by atoms with Gasteiger partial charge in [0.1, 0.15) is 5.69 Å². The Morgan fingerprint density at radius 1 is 1.22 bits per heavy atom. The number of benzene rings is 1. The maximum atomic E-state index is 12.0. The summed E-state index contributed by atoms with van der Waals surface area (Å²) in [5.74, 6) is -0.226. The van der Waals surface area contributed by atoms with Crippen LogP contribution in [0.25, 0.3) is 0 Å². The first-order valence-electron chi connectivity index (χ1n) is 5.67. The molecule has 1 aromatic carbocycles. The van der Waals surface area contributed by atoms with Crippen molar-refractivity contribution in [3.8, 4) is 0 Å². The number of nitrogens with one attached hydrogen (secondary N) is 1. The highest BCUT2D eigenvalue weighted by Crippen LogP contribution is 2.17. The molecule has 4 heteroatoms. The molecule has 2 rings (SSSR count). The molecule has 1 aromatic heterocycles. The van der Waals surface area contributed by atoms with Crippen molar-refractivity contribution < 1.29 is 4.79 Å². The lowest BCUT2D eigenvalue weighted by Gasteiger charge is -2.08. The second-order valence-corrected chi connectivity index (χ2v) is 4.19. The minimum absolute atomic E-state index is 0.226. The predicted octanol–water partition coefficient (Wildman–Crippen LogP) is 2.53. The molecule has 1 amide bonds. The van der Waals surface area contributed by atoms with Crippen LogP contribution >= 0.6 is 0 Å². The number of pyridine rings is 1. The average molecular weight is 241 g/mol. The molecular formula is C14H15N3O. The summed E-state index contributed by atoms with van der Waals surface area (Å²) in [7, 11) is 0. The van der Waals surface area contributed by atoms with Gasteiger partial charge in [-0.05, 0) is 43.2 Å². The van der Waals surface area contributed by atoms with Crippen LogP contribution in [0, 0.1) is 13.8 Å². The van der Waals surface area contributed by atoms with Crippen molar-refractivity contribution in [3.05, 3.63) is 53.3 Å². The summed E-state index contributed by atoms with van der Waals surface area (Å²) in [5, 5.41) is 2.79. The molecule has 0 unspecified atom stereocenters. The van der Waals surface area contributed by atoms with Gasteiger partial charge in [-0.1, -0.05) is 12.1 Å². The van der Waals surface area contributed by atoms with Gasteiger partial charge in [0.2, 0.25) is 0 Å². The lowest BCUT2D eigenvalue weighted by atomic mass is 10.1. The van der Waals surface area contributed by atoms with Crippen LogP contribution in [0.15, 0.2) is 36.5 Å². The van der Waals surface area contributed by atoms with Crippen molar-refractivity contribution in [2.45, 2.75) is 13.8 Å². The number of rotatable bonds is 2. The molecule has 0 saturated heterocycles. The van der Waals surface area contributed by atoms with E-state index in [1.807, 2.05) is 32.0 Å². The Morgan fingerprint density at radius 2 is 2.00 bits per heavy atom. The highest BCUT2D eigenvalue weighted by atomic mass is 16.1. The summed E-state index contributed by atoms with van der Waals surface area (Å²) >= 11 is 0. The summed E-state index contributed by atoms with van der Waals surface area (Å²) < 4.78 is 0. The Hall–Kier alpha value is -2.36. The molecule has 0 aliphatic carbocycles. The SMILES string of the molecule is Cc1ccc(NC(=O)c2ncccc2C)cc1N. The first-order valence-corrected chi connectivity index (χ1v) is 5.67. The zero-order chi connectivity index (χ0) is 13.1. The number of nitrogens with two attached hydrogens (primary N) is 1. The normalized spacial score (nSPS) is 10.1. The number of anilines is 2. The topological polar surface area (TPSA) is 68.0 Å². The van der Waals surface area contributed by atoms with Crippen LogP contribution in [0.4, 0.5) is 11.4 Å². The standard InChI is InChI=1S/C14H15N3O/c1-9-5-6-11(8-12(9)15)17-14(18)13-10(2)4-3-7-16-13/h3-8H,15H2,1-2H3,(H,17,18). The molecule has 0 aliphatic rings. The predicted molar refractivity (Wildman–Crippen MR) is 72.5 cm³/mol. The molecule has 92 valence electrons. The first-order chi connectivity index (χ1) is 8.58. The highest BCUT2D eigenvalue weighted by molar-refractivity contribution is 6.04. The fourth-order valence-corrected chi connectivity index (χ4v) is 1.63. The van der Waals surface area contributed by atoms with Crippen LogP contribution < -0.4 is 11.1 Å². The molecule has 1 heterocycles. The Morgan fingerprint density at radius 3 is 2.67 bits per heavy atom. The maximum Gasteiger partial charge on any atom is 0.274 e. The summed E-state index contributed by atoms with van der Waals surface area (Å²) in [6, 6.07) is 9.09. The number of amides is 1. The van der Waals surface area contributed by atoms with E-state index in [-0.39, 0.29) is 5.91 Å². The van der Waals surface area contributed by atoms with E-state index < -0.39 is 0 Å². The lowest BCUT2D eigenvalue weighted by Crippen LogP contribution is -2.15. The molecule has 2 aromatic rings. The van der Waals surface area contributed by atoms with E-state index in [0.29, 0.717) is 17.1 Å². The number of aryl methyl sites for hydroxylation is 2.